The number of anilines is 3. The molecular formula is C23H23N7OS. The molecule has 1 aliphatic heterocycles. The first-order chi connectivity index (χ1) is 15.5. The molecule has 1 fully saturated rings. The van der Waals surface area contributed by atoms with Gasteiger partial charge >= 0.3 is 0 Å². The molecule has 0 atom stereocenters. The van der Waals surface area contributed by atoms with E-state index < -0.39 is 0 Å². The zero-order chi connectivity index (χ0) is 22.2. The van der Waals surface area contributed by atoms with E-state index in [0.717, 1.165) is 40.1 Å². The number of fused-ring (bicyclic) bond motifs is 1. The maximum Gasteiger partial charge on any atom is 0.257 e. The first-order valence-electron chi connectivity index (χ1n) is 10.3. The number of pyridine rings is 2. The van der Waals surface area contributed by atoms with Crippen molar-refractivity contribution in [2.24, 2.45) is 0 Å². The quantitative estimate of drug-likeness (QED) is 0.486. The number of nitrogens with one attached hydrogen (secondary N) is 1. The van der Waals surface area contributed by atoms with Crippen molar-refractivity contribution < 1.29 is 4.79 Å². The molecule has 1 amide bonds. The molecule has 5 rings (SSSR count). The van der Waals surface area contributed by atoms with Gasteiger partial charge in [0, 0.05) is 48.7 Å². The Morgan fingerprint density at radius 3 is 2.69 bits per heavy atom. The number of nitrogens with two attached hydrogens (primary N) is 1. The highest BCUT2D eigenvalue weighted by Gasteiger charge is 2.29. The molecule has 1 aliphatic rings. The molecule has 32 heavy (non-hydrogen) atoms. The summed E-state index contributed by atoms with van der Waals surface area (Å²) in [5, 5.41) is 5.41. The summed E-state index contributed by atoms with van der Waals surface area (Å²) in [7, 11) is 4.15. The summed E-state index contributed by atoms with van der Waals surface area (Å²) in [4.78, 5) is 31.2. The Labute approximate surface area is 189 Å². The van der Waals surface area contributed by atoms with E-state index in [-0.39, 0.29) is 5.91 Å². The van der Waals surface area contributed by atoms with Gasteiger partial charge in [-0.3, -0.25) is 4.79 Å². The lowest BCUT2D eigenvalue weighted by molar-refractivity contribution is 0.102. The van der Waals surface area contributed by atoms with Crippen LogP contribution in [0.15, 0.2) is 55.0 Å². The van der Waals surface area contributed by atoms with Gasteiger partial charge in [0.05, 0.1) is 4.88 Å². The van der Waals surface area contributed by atoms with Crippen LogP contribution in [0.2, 0.25) is 0 Å². The lowest BCUT2D eigenvalue weighted by atomic mass is 10.1. The number of aromatic nitrogens is 3. The van der Waals surface area contributed by atoms with Crippen molar-refractivity contribution in [3.05, 3.63) is 60.6 Å². The van der Waals surface area contributed by atoms with Crippen LogP contribution in [0.1, 0.15) is 10.4 Å². The number of nitrogens with zero attached hydrogens (tertiary/aromatic N) is 5. The molecular weight excluding hydrogens is 422 g/mol. The van der Waals surface area contributed by atoms with Gasteiger partial charge in [0.25, 0.3) is 5.91 Å². The minimum atomic E-state index is -0.212. The summed E-state index contributed by atoms with van der Waals surface area (Å²) in [6, 6.07) is 12.0. The number of benzene rings is 1. The van der Waals surface area contributed by atoms with Crippen LogP contribution in [0.5, 0.6) is 0 Å². The second-order valence-electron chi connectivity index (χ2n) is 8.07. The molecule has 0 radical (unpaired) electrons. The number of carbonyl (C=O) groups is 1. The van der Waals surface area contributed by atoms with Gasteiger partial charge in [-0.25, -0.2) is 15.0 Å². The molecule has 3 N–H and O–H groups in total. The average Bonchev–Trinajstić information content (AvgIpc) is 3.18. The first kappa shape index (κ1) is 20.3. The molecule has 9 heteroatoms. The lowest BCUT2D eigenvalue weighted by Crippen LogP contribution is -2.57. The minimum Gasteiger partial charge on any atom is -0.375 e. The predicted molar refractivity (Wildman–Crippen MR) is 129 cm³/mol. The average molecular weight is 446 g/mol. The molecule has 0 unspecified atom stereocenters. The van der Waals surface area contributed by atoms with Crippen LogP contribution in [0.3, 0.4) is 0 Å². The molecule has 1 saturated heterocycles. The van der Waals surface area contributed by atoms with Gasteiger partial charge in [0.2, 0.25) is 0 Å². The van der Waals surface area contributed by atoms with Gasteiger partial charge < -0.3 is 20.9 Å². The van der Waals surface area contributed by atoms with Gasteiger partial charge in [-0.05, 0) is 49.3 Å². The van der Waals surface area contributed by atoms with E-state index in [4.69, 9.17) is 5.73 Å². The van der Waals surface area contributed by atoms with Crippen LogP contribution < -0.4 is 16.0 Å². The number of thiazole rings is 1. The van der Waals surface area contributed by atoms with Crippen LogP contribution in [0.25, 0.3) is 21.2 Å². The molecule has 3 aromatic heterocycles. The Morgan fingerprint density at radius 1 is 1.09 bits per heavy atom. The summed E-state index contributed by atoms with van der Waals surface area (Å²) in [5.74, 6) is 1.10. The molecule has 4 heterocycles. The molecule has 0 aliphatic carbocycles. The van der Waals surface area contributed by atoms with E-state index in [9.17, 15) is 4.79 Å². The SMILES string of the molecule is CN(C)C1CN(c2cc(C(=O)Nc3cc4cc(-c5cnc(N)s5)ccc4cn3)ccn2)C1. The third kappa shape index (κ3) is 4.00. The number of hydrogen-bond donors (Lipinski definition) is 2. The standard InChI is InChI=1S/C23H23N7OS/c1-29(2)18-12-30(13-18)21-9-15(5-6-25-21)22(31)28-20-8-17-7-14(3-4-16(17)10-26-20)19-11-27-23(24)32-19/h3-11,18H,12-13H2,1-2H3,(H2,24,27)(H,26,28,31). The summed E-state index contributed by atoms with van der Waals surface area (Å²) >= 11 is 1.44. The summed E-state index contributed by atoms with van der Waals surface area (Å²) < 4.78 is 0. The van der Waals surface area contributed by atoms with E-state index in [1.807, 2.05) is 24.3 Å². The zero-order valence-electron chi connectivity index (χ0n) is 17.8. The van der Waals surface area contributed by atoms with Crippen molar-refractivity contribution in [3.8, 4) is 10.4 Å². The highest BCUT2D eigenvalue weighted by molar-refractivity contribution is 7.18. The van der Waals surface area contributed by atoms with Crippen LogP contribution in [-0.4, -0.2) is 59.0 Å². The Hall–Kier alpha value is -3.56. The van der Waals surface area contributed by atoms with Gasteiger partial charge in [-0.15, -0.1) is 0 Å². The number of amides is 1. The monoisotopic (exact) mass is 445 g/mol. The first-order valence-corrected chi connectivity index (χ1v) is 11.1. The second kappa shape index (κ2) is 8.18. The second-order valence-corrected chi connectivity index (χ2v) is 9.14. The summed E-state index contributed by atoms with van der Waals surface area (Å²) in [6.45, 7) is 1.82. The van der Waals surface area contributed by atoms with Crippen LogP contribution in [0, 0.1) is 0 Å². The highest BCUT2D eigenvalue weighted by atomic mass is 32.1. The van der Waals surface area contributed by atoms with Crippen LogP contribution >= 0.6 is 11.3 Å². The summed E-state index contributed by atoms with van der Waals surface area (Å²) in [5.41, 5.74) is 7.35. The zero-order valence-corrected chi connectivity index (χ0v) is 18.6. The predicted octanol–water partition coefficient (Wildman–Crippen LogP) is 3.34. The van der Waals surface area contributed by atoms with E-state index in [1.54, 1.807) is 24.7 Å². The van der Waals surface area contributed by atoms with Crippen molar-refractivity contribution in [2.45, 2.75) is 6.04 Å². The van der Waals surface area contributed by atoms with Crippen molar-refractivity contribution in [3.63, 3.8) is 0 Å². The van der Waals surface area contributed by atoms with Gasteiger partial charge in [0.1, 0.15) is 11.6 Å². The maximum absolute atomic E-state index is 12.9. The van der Waals surface area contributed by atoms with E-state index in [2.05, 4.69) is 50.2 Å². The fourth-order valence-corrected chi connectivity index (χ4v) is 4.35. The molecule has 0 bridgehead atoms. The Balaban J connectivity index is 1.34. The maximum atomic E-state index is 12.9. The number of nitrogen functional groups attached to an aromatic ring is 1. The Kier molecular flexibility index (Phi) is 5.20. The topological polar surface area (TPSA) is 100 Å². The normalized spacial score (nSPS) is 14.0. The van der Waals surface area contributed by atoms with Crippen molar-refractivity contribution in [1.82, 2.24) is 19.9 Å². The van der Waals surface area contributed by atoms with Gasteiger partial charge in [0.15, 0.2) is 5.13 Å². The van der Waals surface area contributed by atoms with Gasteiger partial charge in [-0.1, -0.05) is 23.5 Å². The number of hydrogen-bond acceptors (Lipinski definition) is 8. The van der Waals surface area contributed by atoms with Crippen molar-refractivity contribution >= 4 is 44.8 Å². The van der Waals surface area contributed by atoms with Crippen molar-refractivity contribution in [1.29, 1.82) is 0 Å². The van der Waals surface area contributed by atoms with E-state index in [0.29, 0.717) is 22.6 Å². The van der Waals surface area contributed by atoms with Gasteiger partial charge in [-0.2, -0.15) is 0 Å². The fraction of sp³-hybridized carbons (Fsp3) is 0.217. The summed E-state index contributed by atoms with van der Waals surface area (Å²) in [6.07, 6.45) is 5.20. The molecule has 4 aromatic rings. The third-order valence-corrected chi connectivity index (χ3v) is 6.57. The molecule has 0 saturated carbocycles. The largest absolute Gasteiger partial charge is 0.375 e. The van der Waals surface area contributed by atoms with E-state index >= 15 is 0 Å². The molecule has 0 spiro atoms. The fourth-order valence-electron chi connectivity index (χ4n) is 3.67. The Bertz CT molecular complexity index is 1300. The highest BCUT2D eigenvalue weighted by Crippen LogP contribution is 2.30. The molecule has 1 aromatic carbocycles. The smallest absolute Gasteiger partial charge is 0.257 e. The Morgan fingerprint density at radius 2 is 1.94 bits per heavy atom. The van der Waals surface area contributed by atoms with Crippen LogP contribution in [0.4, 0.5) is 16.8 Å². The molecule has 162 valence electrons. The number of likely N-dealkylation sites (N-methyl/N-ethyl adjacent to an activating group) is 1. The molecule has 8 nitrogen and oxygen atoms in total. The number of rotatable bonds is 5. The third-order valence-electron chi connectivity index (χ3n) is 5.70. The van der Waals surface area contributed by atoms with Crippen molar-refractivity contribution in [2.75, 3.05) is 43.1 Å². The number of carbonyl (C=O) groups excluding carboxylic acids is 1. The van der Waals surface area contributed by atoms with E-state index in [1.165, 1.54) is 11.3 Å². The lowest BCUT2D eigenvalue weighted by Gasteiger charge is -2.43. The minimum absolute atomic E-state index is 0.212. The van der Waals surface area contributed by atoms with Crippen LogP contribution in [-0.2, 0) is 0 Å².